The van der Waals surface area contributed by atoms with E-state index in [1.807, 2.05) is 43.0 Å². The number of hydrogen-bond acceptors (Lipinski definition) is 8. The zero-order valence-corrected chi connectivity index (χ0v) is 35.8. The van der Waals surface area contributed by atoms with Crippen LogP contribution in [-0.2, 0) is 19.1 Å². The van der Waals surface area contributed by atoms with Crippen molar-refractivity contribution in [1.29, 1.82) is 0 Å². The molecule has 5 atom stereocenters. The van der Waals surface area contributed by atoms with Crippen molar-refractivity contribution in [2.24, 2.45) is 17.3 Å². The Hall–Kier alpha value is -6.18. The number of H-pyrrole nitrogens is 2. The molecule has 61 heavy (non-hydrogen) atoms. The number of methoxy groups -OCH3 is 2. The number of likely N-dealkylation sites (tertiary alicyclic amines) is 2. The predicted molar refractivity (Wildman–Crippen MR) is 232 cm³/mol. The summed E-state index contributed by atoms with van der Waals surface area (Å²) >= 11 is 0. The maximum atomic E-state index is 13.8. The number of aromatic amines is 2. The van der Waals surface area contributed by atoms with Crippen LogP contribution in [0.4, 0.5) is 9.59 Å². The third-order valence-corrected chi connectivity index (χ3v) is 13.1. The predicted octanol–water partition coefficient (Wildman–Crippen LogP) is 8.16. The Labute approximate surface area is 356 Å². The Morgan fingerprint density at radius 2 is 1.36 bits per heavy atom. The van der Waals surface area contributed by atoms with Crippen LogP contribution in [0.5, 0.6) is 0 Å². The normalized spacial score (nSPS) is 20.2. The second-order valence-corrected chi connectivity index (χ2v) is 17.3. The summed E-state index contributed by atoms with van der Waals surface area (Å²) < 4.78 is 9.58. The van der Waals surface area contributed by atoms with Crippen LogP contribution in [0.25, 0.3) is 44.4 Å². The van der Waals surface area contributed by atoms with Crippen LogP contribution in [-0.4, -0.2) is 93.1 Å². The fraction of sp³-hybridized carbons (Fsp3) is 0.447. The highest BCUT2D eigenvalue weighted by Gasteiger charge is 2.55. The monoisotopic (exact) mass is 828 g/mol. The molecule has 2 aliphatic heterocycles. The molecule has 4 heterocycles. The molecule has 320 valence electrons. The van der Waals surface area contributed by atoms with Crippen LogP contribution in [0.2, 0.25) is 0 Å². The number of fused-ring (bicyclic) bond motifs is 1. The van der Waals surface area contributed by atoms with Crippen LogP contribution in [0.15, 0.2) is 73.1 Å². The van der Waals surface area contributed by atoms with Gasteiger partial charge >= 0.3 is 12.2 Å². The first-order valence-electron chi connectivity index (χ1n) is 21.5. The fourth-order valence-corrected chi connectivity index (χ4v) is 9.31. The van der Waals surface area contributed by atoms with E-state index in [9.17, 15) is 19.2 Å². The number of amides is 4. The van der Waals surface area contributed by atoms with Gasteiger partial charge < -0.3 is 39.9 Å². The zero-order valence-electron chi connectivity index (χ0n) is 35.8. The van der Waals surface area contributed by atoms with Crippen molar-refractivity contribution in [2.75, 3.05) is 27.3 Å². The highest BCUT2D eigenvalue weighted by atomic mass is 16.5. The maximum Gasteiger partial charge on any atom is 0.407 e. The second-order valence-electron chi connectivity index (χ2n) is 17.3. The first-order valence-corrected chi connectivity index (χ1v) is 21.5. The first-order chi connectivity index (χ1) is 29.4. The van der Waals surface area contributed by atoms with Gasteiger partial charge in [-0.3, -0.25) is 9.59 Å². The quantitative estimate of drug-likeness (QED) is 0.0975. The van der Waals surface area contributed by atoms with E-state index >= 15 is 0 Å². The van der Waals surface area contributed by atoms with Gasteiger partial charge in [-0.2, -0.15) is 0 Å². The Morgan fingerprint density at radius 3 is 2.00 bits per heavy atom. The van der Waals surface area contributed by atoms with Gasteiger partial charge in [0.1, 0.15) is 23.7 Å². The van der Waals surface area contributed by atoms with E-state index in [2.05, 4.69) is 88.2 Å². The van der Waals surface area contributed by atoms with E-state index in [1.54, 1.807) is 0 Å². The third kappa shape index (κ3) is 8.32. The van der Waals surface area contributed by atoms with Gasteiger partial charge in [0.25, 0.3) is 0 Å². The van der Waals surface area contributed by atoms with Crippen LogP contribution >= 0.6 is 0 Å². The molecule has 5 aromatic rings. The van der Waals surface area contributed by atoms with Gasteiger partial charge in [0.05, 0.1) is 50.1 Å². The molecule has 2 saturated heterocycles. The highest BCUT2D eigenvalue weighted by molar-refractivity contribution is 5.91. The number of benzene rings is 3. The zero-order chi connectivity index (χ0) is 43.0. The van der Waals surface area contributed by atoms with Crippen molar-refractivity contribution in [1.82, 2.24) is 40.4 Å². The number of nitrogens with zero attached hydrogens (tertiary/aromatic N) is 4. The van der Waals surface area contributed by atoms with E-state index in [0.29, 0.717) is 19.5 Å². The van der Waals surface area contributed by atoms with Crippen molar-refractivity contribution < 1.29 is 28.7 Å². The Bertz CT molecular complexity index is 2420. The lowest BCUT2D eigenvalue weighted by Crippen LogP contribution is -2.51. The summed E-state index contributed by atoms with van der Waals surface area (Å²) in [6.07, 6.45) is 7.71. The van der Waals surface area contributed by atoms with Gasteiger partial charge in [-0.15, -0.1) is 0 Å². The van der Waals surface area contributed by atoms with Gasteiger partial charge in [0.2, 0.25) is 11.8 Å². The lowest BCUT2D eigenvalue weighted by atomic mass is 9.96. The van der Waals surface area contributed by atoms with Gasteiger partial charge in [0, 0.05) is 18.7 Å². The number of nitrogens with one attached hydrogen (secondary N) is 4. The average Bonchev–Trinajstić information content (AvgIpc) is 3.77. The lowest BCUT2D eigenvalue weighted by Gasteiger charge is -2.31. The molecule has 0 radical (unpaired) electrons. The van der Waals surface area contributed by atoms with E-state index in [-0.39, 0.29) is 41.1 Å². The molecular formula is C47H56N8O6. The molecule has 4 N–H and O–H groups in total. The number of aromatic nitrogens is 4. The van der Waals surface area contributed by atoms with E-state index in [1.165, 1.54) is 14.2 Å². The molecule has 14 nitrogen and oxygen atoms in total. The Kier molecular flexibility index (Phi) is 11.6. The molecule has 2 aromatic heterocycles. The summed E-state index contributed by atoms with van der Waals surface area (Å²) in [5, 5.41) is 7.64. The van der Waals surface area contributed by atoms with E-state index < -0.39 is 24.3 Å². The number of imidazole rings is 2. The standard InChI is InChI=1S/C47H56N8O6/c1-7-28-17-20-54(44(57)39(27(3)4)53-46(59)61-6)40(28)42-49-24-36(51-42)30-11-9-29(10-12-30)31-13-14-33-22-34(16-15-32(33)21-31)37-25-48-41(50-37)38-23-47(18-19-47)26-55(38)43(56)35(8-2)52-45(58)60-5/h9-16,21-22,24-25,27-28,35,38-40H,7-8,17-20,23,26H2,1-6H3,(H,48,50)(H,49,51)(H,52,58)(H,53,59)/t28?,35-,38-,39-,40?/m0/s1. The fourth-order valence-electron chi connectivity index (χ4n) is 9.31. The number of carbonyl (C=O) groups is 4. The molecule has 0 bridgehead atoms. The maximum absolute atomic E-state index is 13.8. The lowest BCUT2D eigenvalue weighted by molar-refractivity contribution is -0.136. The number of ether oxygens (including phenoxy) is 2. The molecule has 1 saturated carbocycles. The SMILES string of the molecule is CCC1CCN(C(=O)[C@@H](NC(=O)OC)C(C)C)C1c1ncc(-c2ccc(-c3ccc4cc(-c5cnc([C@@H]6CC7(CC7)CN6C(=O)[C@H](CC)NC(=O)OC)[nH]5)ccc4c3)cc2)[nH]1. The summed E-state index contributed by atoms with van der Waals surface area (Å²) in [4.78, 5) is 72.0. The molecule has 14 heteroatoms. The number of rotatable bonds is 12. The number of alkyl carbamates (subject to hydrolysis) is 2. The van der Waals surface area contributed by atoms with Crippen LogP contribution in [0.1, 0.15) is 90.0 Å². The molecule has 3 aliphatic rings. The topological polar surface area (TPSA) is 175 Å². The minimum atomic E-state index is -0.698. The largest absolute Gasteiger partial charge is 0.453 e. The highest BCUT2D eigenvalue weighted by Crippen LogP contribution is 2.58. The molecule has 4 amide bonds. The van der Waals surface area contributed by atoms with Crippen LogP contribution in [0.3, 0.4) is 0 Å². The van der Waals surface area contributed by atoms with E-state index in [0.717, 1.165) is 88.2 Å². The third-order valence-electron chi connectivity index (χ3n) is 13.1. The molecule has 2 unspecified atom stereocenters. The molecule has 3 aromatic carbocycles. The average molecular weight is 829 g/mol. The number of carbonyl (C=O) groups excluding carboxylic acids is 4. The van der Waals surface area contributed by atoms with Crippen molar-refractivity contribution in [2.45, 2.75) is 90.4 Å². The minimum Gasteiger partial charge on any atom is -0.453 e. The summed E-state index contributed by atoms with van der Waals surface area (Å²) in [7, 11) is 2.60. The molecule has 3 fully saturated rings. The minimum absolute atomic E-state index is 0.106. The smallest absolute Gasteiger partial charge is 0.407 e. The van der Waals surface area contributed by atoms with Gasteiger partial charge in [0.15, 0.2) is 0 Å². The molecule has 1 aliphatic carbocycles. The summed E-state index contributed by atoms with van der Waals surface area (Å²) in [6.45, 7) is 9.11. The van der Waals surface area contributed by atoms with Gasteiger partial charge in [-0.05, 0) is 89.0 Å². The summed E-state index contributed by atoms with van der Waals surface area (Å²) in [5.74, 6) is 1.40. The first kappa shape index (κ1) is 41.5. The molecule has 1 spiro atoms. The Morgan fingerprint density at radius 1 is 0.770 bits per heavy atom. The second kappa shape index (κ2) is 17.1. The van der Waals surface area contributed by atoms with Crippen molar-refractivity contribution in [3.05, 3.63) is 84.7 Å². The van der Waals surface area contributed by atoms with Gasteiger partial charge in [-0.1, -0.05) is 82.6 Å². The van der Waals surface area contributed by atoms with Crippen molar-refractivity contribution in [3.8, 4) is 33.6 Å². The van der Waals surface area contributed by atoms with Crippen molar-refractivity contribution >= 4 is 34.8 Å². The summed E-state index contributed by atoms with van der Waals surface area (Å²) in [6, 6.07) is 19.5. The van der Waals surface area contributed by atoms with E-state index in [4.69, 9.17) is 19.4 Å². The summed E-state index contributed by atoms with van der Waals surface area (Å²) in [5.41, 5.74) is 6.06. The van der Waals surface area contributed by atoms with Gasteiger partial charge in [-0.25, -0.2) is 19.6 Å². The van der Waals surface area contributed by atoms with Crippen molar-refractivity contribution in [3.63, 3.8) is 0 Å². The van der Waals surface area contributed by atoms with Crippen LogP contribution < -0.4 is 10.6 Å². The molecule has 8 rings (SSSR count). The molecular weight excluding hydrogens is 773 g/mol. The number of hydrogen-bond donors (Lipinski definition) is 4. The Balaban J connectivity index is 0.963. The van der Waals surface area contributed by atoms with Crippen LogP contribution in [0, 0.1) is 17.3 Å².